The first-order chi connectivity index (χ1) is 6.72. The lowest BCUT2D eigenvalue weighted by Gasteiger charge is -2.00. The Morgan fingerprint density at radius 3 is 3.21 bits per heavy atom. The van der Waals surface area contributed by atoms with E-state index in [0.717, 1.165) is 5.56 Å². The summed E-state index contributed by atoms with van der Waals surface area (Å²) in [6.07, 6.45) is 4.49. The molecule has 0 aromatic carbocycles. The largest absolute Gasteiger partial charge is 0.792 e. The zero-order valence-electron chi connectivity index (χ0n) is 7.80. The first kappa shape index (κ1) is 10.2. The van der Waals surface area contributed by atoms with E-state index in [-0.39, 0.29) is 0 Å². The van der Waals surface area contributed by atoms with Crippen LogP contribution in [-0.2, 0) is 18.4 Å². The Morgan fingerprint density at radius 1 is 1.79 bits per heavy atom. The van der Waals surface area contributed by atoms with Crippen LogP contribution >= 0.6 is 0 Å². The molecule has 14 heavy (non-hydrogen) atoms. The molecule has 1 N–H and O–H groups in total. The van der Waals surface area contributed by atoms with Crippen molar-refractivity contribution in [1.29, 1.82) is 0 Å². The zero-order valence-corrected chi connectivity index (χ0v) is 7.80. The van der Waals surface area contributed by atoms with Crippen molar-refractivity contribution in [2.45, 2.75) is 6.54 Å². The minimum Gasteiger partial charge on any atom is -0.792 e. The van der Waals surface area contributed by atoms with E-state index in [4.69, 9.17) is 0 Å². The van der Waals surface area contributed by atoms with Gasteiger partial charge in [0.25, 0.3) is 5.91 Å². The van der Waals surface area contributed by atoms with Gasteiger partial charge in [0.1, 0.15) is 7.05 Å². The summed E-state index contributed by atoms with van der Waals surface area (Å²) in [7, 11) is 1.89. The molecule has 0 aliphatic heterocycles. The molecule has 1 heterocycles. The number of carbonyl (C=O) groups excluding carboxylic acids is 1. The molecular formula is C9H11N3O2. The topological polar surface area (TPSA) is 68.4 Å². The molecule has 0 aliphatic rings. The van der Waals surface area contributed by atoms with Crippen LogP contribution in [0.4, 0.5) is 0 Å². The highest BCUT2D eigenvalue weighted by molar-refractivity contribution is 6.26. The summed E-state index contributed by atoms with van der Waals surface area (Å²) in [6.45, 7) is 0.388. The summed E-state index contributed by atoms with van der Waals surface area (Å²) in [5.74, 6) is -0.480. The lowest BCUT2D eigenvalue weighted by molar-refractivity contribution is -0.671. The summed E-state index contributed by atoms with van der Waals surface area (Å²) in [4.78, 5) is 10.8. The van der Waals surface area contributed by atoms with Crippen molar-refractivity contribution in [3.63, 3.8) is 0 Å². The number of carbonyl (C=O) groups is 1. The number of aryl methyl sites for hydroxylation is 1. The summed E-state index contributed by atoms with van der Waals surface area (Å²) < 4.78 is 1.88. The van der Waals surface area contributed by atoms with Crippen molar-refractivity contribution < 1.29 is 9.36 Å². The van der Waals surface area contributed by atoms with Crippen LogP contribution in [0.15, 0.2) is 29.7 Å². The van der Waals surface area contributed by atoms with Gasteiger partial charge in [0.05, 0.1) is 6.21 Å². The summed E-state index contributed by atoms with van der Waals surface area (Å²) in [6, 6.07) is 3.76. The molecule has 0 aliphatic carbocycles. The third kappa shape index (κ3) is 3.22. The molecule has 1 aromatic heterocycles. The van der Waals surface area contributed by atoms with Crippen molar-refractivity contribution >= 4 is 12.1 Å². The summed E-state index contributed by atoms with van der Waals surface area (Å²) in [5, 5.41) is 14.6. The number of aromatic nitrogens is 1. The van der Waals surface area contributed by atoms with Gasteiger partial charge in [-0.1, -0.05) is 0 Å². The van der Waals surface area contributed by atoms with E-state index in [2.05, 4.69) is 10.5 Å². The standard InChI is InChI=1S/C9H11N3O2/c1-12-4-2-3-8(7-12)5-10-9(13)6-11-14/h2-4,6-7H,5H2,1H3,(H-,10,13,14). The van der Waals surface area contributed by atoms with Gasteiger partial charge in [-0.15, -0.1) is 0 Å². The molecule has 1 amide bonds. The Balaban J connectivity index is 2.49. The molecule has 0 fully saturated rings. The molecule has 5 nitrogen and oxygen atoms in total. The maximum Gasteiger partial charge on any atom is 0.261 e. The Bertz CT molecular complexity index is 350. The minimum absolute atomic E-state index is 0.388. The van der Waals surface area contributed by atoms with Crippen molar-refractivity contribution in [3.8, 4) is 0 Å². The zero-order chi connectivity index (χ0) is 10.4. The number of nitrogens with zero attached hydrogens (tertiary/aromatic N) is 2. The number of pyridine rings is 1. The molecule has 1 rings (SSSR count). The molecule has 0 radical (unpaired) electrons. The molecule has 0 saturated carbocycles. The van der Waals surface area contributed by atoms with Crippen molar-refractivity contribution in [1.82, 2.24) is 5.32 Å². The van der Waals surface area contributed by atoms with Crippen molar-refractivity contribution in [3.05, 3.63) is 35.3 Å². The van der Waals surface area contributed by atoms with Crippen molar-refractivity contribution in [2.24, 2.45) is 12.2 Å². The lowest BCUT2D eigenvalue weighted by atomic mass is 10.3. The third-order valence-corrected chi connectivity index (χ3v) is 1.64. The van der Waals surface area contributed by atoms with E-state index in [1.165, 1.54) is 0 Å². The molecule has 74 valence electrons. The SMILES string of the molecule is C[n+]1cccc(CNC(=O)/C=N/[O-])c1. The van der Waals surface area contributed by atoms with Crippen molar-refractivity contribution in [2.75, 3.05) is 0 Å². The second-order valence-electron chi connectivity index (χ2n) is 2.83. The Labute approximate surface area is 81.7 Å². The second-order valence-corrected chi connectivity index (χ2v) is 2.83. The summed E-state index contributed by atoms with van der Waals surface area (Å²) in [5.41, 5.74) is 0.961. The van der Waals surface area contributed by atoms with E-state index < -0.39 is 5.91 Å². The van der Waals surface area contributed by atoms with Gasteiger partial charge < -0.3 is 15.7 Å². The smallest absolute Gasteiger partial charge is 0.261 e. The predicted octanol–water partition coefficient (Wildman–Crippen LogP) is -0.304. The van der Waals surface area contributed by atoms with Gasteiger partial charge in [-0.2, -0.15) is 0 Å². The van der Waals surface area contributed by atoms with Gasteiger partial charge >= 0.3 is 0 Å². The molecule has 0 bridgehead atoms. The second kappa shape index (κ2) is 4.96. The van der Waals surface area contributed by atoms with Crippen LogP contribution in [0.3, 0.4) is 0 Å². The van der Waals surface area contributed by atoms with E-state index in [0.29, 0.717) is 12.8 Å². The number of nitrogens with one attached hydrogen (secondary N) is 1. The normalized spacial score (nSPS) is 10.4. The maximum atomic E-state index is 10.8. The fourth-order valence-electron chi connectivity index (χ4n) is 1.04. The van der Waals surface area contributed by atoms with E-state index in [1.54, 1.807) is 0 Å². The van der Waals surface area contributed by atoms with Crippen LogP contribution in [0.2, 0.25) is 0 Å². The lowest BCUT2D eigenvalue weighted by Crippen LogP contribution is -2.29. The van der Waals surface area contributed by atoms with Crippen LogP contribution in [0.25, 0.3) is 0 Å². The first-order valence-electron chi connectivity index (χ1n) is 4.10. The molecule has 1 aromatic rings. The highest BCUT2D eigenvalue weighted by Crippen LogP contribution is 1.92. The van der Waals surface area contributed by atoms with Gasteiger partial charge in [-0.05, 0) is 6.07 Å². The number of amides is 1. The first-order valence-corrected chi connectivity index (χ1v) is 4.10. The predicted molar refractivity (Wildman–Crippen MR) is 51.3 cm³/mol. The fourth-order valence-corrected chi connectivity index (χ4v) is 1.04. The van der Waals surface area contributed by atoms with Gasteiger partial charge in [-0.3, -0.25) is 4.79 Å². The van der Waals surface area contributed by atoms with Crippen LogP contribution in [0.5, 0.6) is 0 Å². The molecule has 0 atom stereocenters. The van der Waals surface area contributed by atoms with Crippen LogP contribution < -0.4 is 9.88 Å². The van der Waals surface area contributed by atoms with Gasteiger partial charge in [0.15, 0.2) is 12.4 Å². The fraction of sp³-hybridized carbons (Fsp3) is 0.222. The Morgan fingerprint density at radius 2 is 2.57 bits per heavy atom. The number of hydrogen-bond acceptors (Lipinski definition) is 3. The monoisotopic (exact) mass is 193 g/mol. The average molecular weight is 193 g/mol. The number of rotatable bonds is 3. The quantitative estimate of drug-likeness (QED) is 0.406. The van der Waals surface area contributed by atoms with Crippen LogP contribution in [0.1, 0.15) is 5.56 Å². The molecule has 5 heteroatoms. The third-order valence-electron chi connectivity index (χ3n) is 1.64. The maximum absolute atomic E-state index is 10.8. The van der Waals surface area contributed by atoms with Gasteiger partial charge in [-0.25, -0.2) is 4.57 Å². The highest BCUT2D eigenvalue weighted by Gasteiger charge is 1.99. The van der Waals surface area contributed by atoms with Crippen LogP contribution in [0, 0.1) is 5.21 Å². The highest BCUT2D eigenvalue weighted by atomic mass is 16.4. The molecule has 0 spiro atoms. The van der Waals surface area contributed by atoms with Gasteiger partial charge in [0.2, 0.25) is 0 Å². The molecule has 0 saturated heterocycles. The minimum atomic E-state index is -0.480. The Hall–Kier alpha value is -1.91. The molecule has 0 unspecified atom stereocenters. The van der Waals surface area contributed by atoms with E-state index in [9.17, 15) is 10.0 Å². The Kier molecular flexibility index (Phi) is 3.60. The van der Waals surface area contributed by atoms with E-state index in [1.807, 2.05) is 36.1 Å². The number of hydrogen-bond donors (Lipinski definition) is 1. The van der Waals surface area contributed by atoms with E-state index >= 15 is 0 Å². The van der Waals surface area contributed by atoms with Crippen LogP contribution in [-0.4, -0.2) is 12.1 Å². The average Bonchev–Trinajstić information content (AvgIpc) is 2.15. The van der Waals surface area contributed by atoms with Gasteiger partial charge in [0, 0.05) is 18.2 Å². The summed E-state index contributed by atoms with van der Waals surface area (Å²) >= 11 is 0. The molecular weight excluding hydrogens is 182 g/mol.